The Morgan fingerprint density at radius 3 is 1.48 bits per heavy atom. The van der Waals surface area contributed by atoms with Crippen LogP contribution in [0.15, 0.2) is 0 Å². The van der Waals surface area contributed by atoms with Crippen LogP contribution in [0, 0.1) is 10.1 Å². The van der Waals surface area contributed by atoms with Crippen LogP contribution in [0.25, 0.3) is 0 Å². The van der Waals surface area contributed by atoms with Gasteiger partial charge in [-0.15, -0.1) is 0 Å². The molecule has 31 heavy (non-hydrogen) atoms. The molecule has 0 rings (SSSR count). The van der Waals surface area contributed by atoms with Crippen molar-refractivity contribution in [1.82, 2.24) is 0 Å². The molecular formula is C19H38N2O10. The first-order valence-electron chi connectivity index (χ1n) is 9.98. The van der Waals surface area contributed by atoms with Gasteiger partial charge in [0.25, 0.3) is 11.9 Å². The Balaban J connectivity index is -0.000000178. The average molecular weight is 455 g/mol. The second kappa shape index (κ2) is 27.2. The van der Waals surface area contributed by atoms with Crippen molar-refractivity contribution in [2.45, 2.75) is 91.0 Å². The van der Waals surface area contributed by atoms with Gasteiger partial charge in [-0.25, -0.2) is 0 Å². The molecule has 0 aliphatic rings. The van der Waals surface area contributed by atoms with E-state index in [4.69, 9.17) is 35.7 Å². The van der Waals surface area contributed by atoms with E-state index in [0.717, 1.165) is 33.1 Å². The van der Waals surface area contributed by atoms with E-state index in [2.05, 4.69) is 6.92 Å². The lowest BCUT2D eigenvalue weighted by Gasteiger charge is -2.01. The Hall–Kier alpha value is -2.76. The van der Waals surface area contributed by atoms with Gasteiger partial charge in [0.15, 0.2) is 0 Å². The summed E-state index contributed by atoms with van der Waals surface area (Å²) >= 11 is 0. The summed E-state index contributed by atoms with van der Waals surface area (Å²) in [5.74, 6) is -3.86. The maximum atomic E-state index is 9.99. The van der Waals surface area contributed by atoms with Crippen molar-refractivity contribution in [3.63, 3.8) is 0 Å². The molecule has 0 aliphatic heterocycles. The fourth-order valence-electron chi connectivity index (χ4n) is 1.78. The number of carbonyl (C=O) groups is 4. The zero-order valence-corrected chi connectivity index (χ0v) is 18.6. The van der Waals surface area contributed by atoms with Crippen molar-refractivity contribution in [3.8, 4) is 0 Å². The van der Waals surface area contributed by atoms with E-state index in [1.807, 2.05) is 0 Å². The van der Waals surface area contributed by atoms with Gasteiger partial charge >= 0.3 is 11.9 Å². The van der Waals surface area contributed by atoms with Gasteiger partial charge in [-0.3, -0.25) is 29.3 Å². The Morgan fingerprint density at radius 2 is 1.19 bits per heavy atom. The van der Waals surface area contributed by atoms with Crippen LogP contribution in [-0.4, -0.2) is 61.8 Å². The Labute approximate surface area is 182 Å². The van der Waals surface area contributed by atoms with E-state index in [1.54, 1.807) is 0 Å². The van der Waals surface area contributed by atoms with Crippen molar-refractivity contribution in [2.75, 3.05) is 6.54 Å². The molecule has 6 N–H and O–H groups in total. The van der Waals surface area contributed by atoms with Gasteiger partial charge in [0.2, 0.25) is 6.54 Å². The summed E-state index contributed by atoms with van der Waals surface area (Å²) in [5, 5.41) is 41.1. The topological polar surface area (TPSA) is 218 Å². The summed E-state index contributed by atoms with van der Waals surface area (Å²) in [6.45, 7) is 4.52. The monoisotopic (exact) mass is 454 g/mol. The van der Waals surface area contributed by atoms with Gasteiger partial charge in [-0.05, 0) is 12.8 Å². The Kier molecular flexibility index (Phi) is 31.3. The number of aliphatic carboxylic acids is 4. The van der Waals surface area contributed by atoms with E-state index in [9.17, 15) is 19.7 Å². The number of nitrogens with two attached hydrogens (primary N) is 1. The van der Waals surface area contributed by atoms with Crippen LogP contribution in [0.1, 0.15) is 85.0 Å². The van der Waals surface area contributed by atoms with Crippen LogP contribution in [0.4, 0.5) is 0 Å². The normalized spacial score (nSPS) is 9.94. The minimum atomic E-state index is -1.17. The SMILES string of the molecule is CC(=O)O.CC(=O)O.CCCCCCCCCC[N+](=O)[O-].N[C@@H](CCC(=O)O)C(=O)O. The molecule has 184 valence electrons. The summed E-state index contributed by atoms with van der Waals surface area (Å²) in [6.07, 6.45) is 9.19. The van der Waals surface area contributed by atoms with Crippen LogP contribution >= 0.6 is 0 Å². The molecule has 0 aromatic heterocycles. The predicted molar refractivity (Wildman–Crippen MR) is 114 cm³/mol. The van der Waals surface area contributed by atoms with Crippen molar-refractivity contribution in [3.05, 3.63) is 10.1 Å². The number of carboxylic acid groups (broad SMARTS) is 4. The zero-order chi connectivity index (χ0) is 25.2. The summed E-state index contributed by atoms with van der Waals surface area (Å²) in [4.78, 5) is 47.6. The second-order valence-electron chi connectivity index (χ2n) is 6.45. The lowest BCUT2D eigenvalue weighted by Crippen LogP contribution is -2.30. The average Bonchev–Trinajstić information content (AvgIpc) is 2.61. The van der Waals surface area contributed by atoms with E-state index in [-0.39, 0.29) is 24.3 Å². The molecule has 0 aliphatic carbocycles. The van der Waals surface area contributed by atoms with Crippen molar-refractivity contribution >= 4 is 23.9 Å². The molecule has 0 aromatic rings. The highest BCUT2D eigenvalue weighted by Gasteiger charge is 2.12. The summed E-state index contributed by atoms with van der Waals surface area (Å²) in [7, 11) is 0. The molecule has 0 unspecified atom stereocenters. The van der Waals surface area contributed by atoms with Crippen LogP contribution in [0.5, 0.6) is 0 Å². The van der Waals surface area contributed by atoms with E-state index in [1.165, 1.54) is 32.1 Å². The quantitative estimate of drug-likeness (QED) is 0.155. The molecule has 0 heterocycles. The maximum Gasteiger partial charge on any atom is 0.320 e. The van der Waals surface area contributed by atoms with E-state index < -0.39 is 29.9 Å². The van der Waals surface area contributed by atoms with Crippen LogP contribution in [0.3, 0.4) is 0 Å². The minimum absolute atomic E-state index is 0.0231. The molecule has 0 saturated carbocycles. The van der Waals surface area contributed by atoms with Crippen LogP contribution in [0.2, 0.25) is 0 Å². The fourth-order valence-corrected chi connectivity index (χ4v) is 1.78. The molecule has 0 fully saturated rings. The molecule has 0 bridgehead atoms. The Bertz CT molecular complexity index is 478. The fraction of sp³-hybridized carbons (Fsp3) is 0.789. The molecule has 0 saturated heterocycles. The number of carboxylic acids is 4. The summed E-state index contributed by atoms with van der Waals surface area (Å²) in [6, 6.07) is -1.06. The Morgan fingerprint density at radius 1 is 0.839 bits per heavy atom. The predicted octanol–water partition coefficient (Wildman–Crippen LogP) is 2.85. The van der Waals surface area contributed by atoms with Gasteiger partial charge in [-0.2, -0.15) is 0 Å². The van der Waals surface area contributed by atoms with Gasteiger partial charge in [0.05, 0.1) is 0 Å². The first kappa shape index (κ1) is 35.7. The third-order valence-corrected chi connectivity index (χ3v) is 3.18. The molecule has 12 nitrogen and oxygen atoms in total. The molecule has 12 heteroatoms. The third-order valence-electron chi connectivity index (χ3n) is 3.18. The van der Waals surface area contributed by atoms with Gasteiger partial charge < -0.3 is 26.2 Å². The van der Waals surface area contributed by atoms with Crippen molar-refractivity contribution < 1.29 is 44.5 Å². The largest absolute Gasteiger partial charge is 0.481 e. The zero-order valence-electron chi connectivity index (χ0n) is 18.6. The van der Waals surface area contributed by atoms with Crippen molar-refractivity contribution in [1.29, 1.82) is 0 Å². The van der Waals surface area contributed by atoms with E-state index >= 15 is 0 Å². The smallest absolute Gasteiger partial charge is 0.320 e. The number of nitro groups is 1. The van der Waals surface area contributed by atoms with Crippen LogP contribution < -0.4 is 5.73 Å². The molecule has 1 atom stereocenters. The lowest BCUT2D eigenvalue weighted by atomic mass is 10.1. The number of unbranched alkanes of at least 4 members (excludes halogenated alkanes) is 7. The number of rotatable bonds is 13. The molecule has 0 aromatic carbocycles. The third kappa shape index (κ3) is 65.8. The summed E-state index contributed by atoms with van der Waals surface area (Å²) < 4.78 is 0. The van der Waals surface area contributed by atoms with Gasteiger partial charge in [-0.1, -0.05) is 45.4 Å². The van der Waals surface area contributed by atoms with Crippen molar-refractivity contribution in [2.24, 2.45) is 5.73 Å². The van der Waals surface area contributed by atoms with E-state index in [0.29, 0.717) is 0 Å². The lowest BCUT2D eigenvalue weighted by molar-refractivity contribution is -0.480. The molecule has 0 radical (unpaired) electrons. The summed E-state index contributed by atoms with van der Waals surface area (Å²) in [5.41, 5.74) is 5.00. The molecule has 0 spiro atoms. The second-order valence-corrected chi connectivity index (χ2v) is 6.45. The number of nitrogens with zero attached hydrogens (tertiary/aromatic N) is 1. The number of hydrogen-bond donors (Lipinski definition) is 5. The van der Waals surface area contributed by atoms with Crippen LogP contribution in [-0.2, 0) is 19.2 Å². The standard InChI is InChI=1S/C10H21NO2.C5H9NO4.2C2H4O2/c1-2-3-4-5-6-7-8-9-10-11(12)13;6-3(5(9)10)1-2-4(7)8;2*1-2(3)4/h2-10H2,1H3;3H,1-2,6H2,(H,7,8)(H,9,10);2*1H3,(H,3,4)/t;3-;;/m.0../s1. The van der Waals surface area contributed by atoms with Gasteiger partial charge in [0.1, 0.15) is 6.04 Å². The first-order valence-corrected chi connectivity index (χ1v) is 9.98. The van der Waals surface area contributed by atoms with Gasteiger partial charge in [0, 0.05) is 31.6 Å². The number of hydrogen-bond acceptors (Lipinski definition) is 7. The minimum Gasteiger partial charge on any atom is -0.481 e. The molecular weight excluding hydrogens is 416 g/mol. The highest BCUT2D eigenvalue weighted by atomic mass is 16.6. The first-order chi connectivity index (χ1) is 14.3. The highest BCUT2D eigenvalue weighted by molar-refractivity contribution is 5.74. The molecule has 0 amide bonds. The highest BCUT2D eigenvalue weighted by Crippen LogP contribution is 2.08. The maximum absolute atomic E-state index is 9.99.